The number of hydrogen-bond donors (Lipinski definition) is 4. The number of carbonyl (C=O) groups excluding carboxylic acids is 1. The molecule has 0 saturated heterocycles. The van der Waals surface area contributed by atoms with E-state index in [9.17, 15) is 45.4 Å². The van der Waals surface area contributed by atoms with E-state index >= 15 is 0 Å². The Morgan fingerprint density at radius 1 is 0.956 bits per heavy atom. The van der Waals surface area contributed by atoms with E-state index in [0.29, 0.717) is 23.7 Å². The maximum Gasteiger partial charge on any atom is 0.490 e. The van der Waals surface area contributed by atoms with Crippen LogP contribution in [0.3, 0.4) is 0 Å². The van der Waals surface area contributed by atoms with E-state index in [2.05, 4.69) is 20.6 Å². The third kappa shape index (κ3) is 9.10. The molecule has 2 heterocycles. The van der Waals surface area contributed by atoms with Gasteiger partial charge in [0, 0.05) is 11.8 Å². The molecular weight excluding hydrogens is 637 g/mol. The Bertz CT molecular complexity index is 1690. The number of carbonyl (C=O) groups is 3. The molecule has 0 bridgehead atoms. The van der Waals surface area contributed by atoms with Gasteiger partial charge in [-0.2, -0.15) is 31.3 Å². The number of halogens is 7. The van der Waals surface area contributed by atoms with Gasteiger partial charge >= 0.3 is 24.3 Å². The highest BCUT2D eigenvalue weighted by molar-refractivity contribution is 7.22. The highest BCUT2D eigenvalue weighted by Crippen LogP contribution is 2.34. The molecule has 2 aromatic heterocycles. The Labute approximate surface area is 253 Å². The van der Waals surface area contributed by atoms with Gasteiger partial charge in [-0.25, -0.2) is 19.0 Å². The third-order valence-electron chi connectivity index (χ3n) is 6.27. The van der Waals surface area contributed by atoms with Crippen LogP contribution in [0.4, 0.5) is 41.6 Å². The van der Waals surface area contributed by atoms with Crippen molar-refractivity contribution >= 4 is 50.3 Å². The Morgan fingerprint density at radius 2 is 1.56 bits per heavy atom. The first-order valence-corrected chi connectivity index (χ1v) is 13.6. The summed E-state index contributed by atoms with van der Waals surface area (Å²) in [6.07, 6.45) is -8.33. The topological polar surface area (TPSA) is 142 Å². The molecule has 17 heteroatoms. The minimum absolute atomic E-state index is 0.0737. The maximum absolute atomic E-state index is 14.9. The van der Waals surface area contributed by atoms with Gasteiger partial charge in [-0.15, -0.1) is 0 Å². The summed E-state index contributed by atoms with van der Waals surface area (Å²) in [6.45, 7) is 3.58. The first-order valence-electron chi connectivity index (χ1n) is 12.7. The number of alkyl halides is 6. The van der Waals surface area contributed by atoms with Crippen molar-refractivity contribution in [2.24, 2.45) is 5.92 Å². The lowest BCUT2D eigenvalue weighted by atomic mass is 9.98. The molecule has 2 atom stereocenters. The Morgan fingerprint density at radius 3 is 2.07 bits per heavy atom. The van der Waals surface area contributed by atoms with Crippen LogP contribution in [0.2, 0.25) is 0 Å². The van der Waals surface area contributed by atoms with E-state index in [1.165, 1.54) is 24.3 Å². The van der Waals surface area contributed by atoms with Gasteiger partial charge in [0.15, 0.2) is 10.8 Å². The molecule has 0 aliphatic rings. The number of aromatic nitrogens is 2. The predicted octanol–water partition coefficient (Wildman–Crippen LogP) is 7.12. The Hall–Kier alpha value is -4.80. The Balaban J connectivity index is 0.000000707. The van der Waals surface area contributed by atoms with Crippen molar-refractivity contribution in [3.63, 3.8) is 0 Å². The number of carboxylic acids is 2. The maximum atomic E-state index is 14.9. The van der Waals surface area contributed by atoms with Gasteiger partial charge in [-0.3, -0.25) is 4.79 Å². The van der Waals surface area contributed by atoms with Gasteiger partial charge in [-0.1, -0.05) is 49.8 Å². The summed E-state index contributed by atoms with van der Waals surface area (Å²) in [4.78, 5) is 40.7. The van der Waals surface area contributed by atoms with Crippen LogP contribution in [0, 0.1) is 11.7 Å². The molecule has 45 heavy (non-hydrogen) atoms. The SMILES string of the molecule is CC[C@H](C)[C@H](NC(=O)c1ccc(-c2ccc(Nc3nc4ncc(C(F)(F)F)cc4s3)c(F)c2)cc1)C(=O)O.O=C(O)C(F)(F)F. The number of rotatable bonds is 8. The average Bonchev–Trinajstić information content (AvgIpc) is 3.37. The molecule has 0 spiro atoms. The molecule has 0 saturated carbocycles. The second-order valence-electron chi connectivity index (χ2n) is 9.44. The summed E-state index contributed by atoms with van der Waals surface area (Å²) < 4.78 is 85.6. The zero-order valence-corrected chi connectivity index (χ0v) is 23.9. The quantitative estimate of drug-likeness (QED) is 0.146. The minimum atomic E-state index is -5.08. The fourth-order valence-corrected chi connectivity index (χ4v) is 4.54. The van der Waals surface area contributed by atoms with Crippen molar-refractivity contribution in [3.05, 3.63) is 71.7 Å². The number of anilines is 2. The third-order valence-corrected chi connectivity index (χ3v) is 7.18. The fourth-order valence-electron chi connectivity index (χ4n) is 3.66. The lowest BCUT2D eigenvalue weighted by molar-refractivity contribution is -0.192. The predicted molar refractivity (Wildman–Crippen MR) is 150 cm³/mol. The van der Waals surface area contributed by atoms with Crippen molar-refractivity contribution in [2.75, 3.05) is 5.32 Å². The molecule has 9 nitrogen and oxygen atoms in total. The molecule has 0 fully saturated rings. The number of hydrogen-bond acceptors (Lipinski definition) is 7. The Kier molecular flexibility index (Phi) is 10.7. The first-order chi connectivity index (χ1) is 20.9. The van der Waals surface area contributed by atoms with Crippen LogP contribution in [0.5, 0.6) is 0 Å². The normalized spacial score (nSPS) is 12.9. The van der Waals surface area contributed by atoms with Gasteiger partial charge in [0.2, 0.25) is 0 Å². The van der Waals surface area contributed by atoms with E-state index < -0.39 is 47.6 Å². The van der Waals surface area contributed by atoms with Gasteiger partial charge in [-0.05, 0) is 47.4 Å². The number of benzene rings is 2. The molecule has 0 unspecified atom stereocenters. The van der Waals surface area contributed by atoms with Crippen LogP contribution in [0.25, 0.3) is 21.5 Å². The highest BCUT2D eigenvalue weighted by atomic mass is 32.1. The van der Waals surface area contributed by atoms with Gasteiger partial charge < -0.3 is 20.8 Å². The van der Waals surface area contributed by atoms with Gasteiger partial charge in [0.1, 0.15) is 11.9 Å². The number of amides is 1. The smallest absolute Gasteiger partial charge is 0.480 e. The number of pyridine rings is 1. The summed E-state index contributed by atoms with van der Waals surface area (Å²) in [7, 11) is 0. The first kappa shape index (κ1) is 34.7. The summed E-state index contributed by atoms with van der Waals surface area (Å²) in [6, 6.07) is 10.6. The van der Waals surface area contributed by atoms with E-state index in [1.807, 2.05) is 6.92 Å². The lowest BCUT2D eigenvalue weighted by Gasteiger charge is -2.20. The summed E-state index contributed by atoms with van der Waals surface area (Å²) in [5.74, 6) is -5.26. The molecule has 0 radical (unpaired) electrons. The molecule has 2 aromatic carbocycles. The lowest BCUT2D eigenvalue weighted by Crippen LogP contribution is -2.45. The van der Waals surface area contributed by atoms with E-state index in [4.69, 9.17) is 9.90 Å². The number of nitrogens with one attached hydrogen (secondary N) is 2. The molecular formula is C28H23F7N4O5S. The molecule has 4 N–H and O–H groups in total. The van der Waals surface area contributed by atoms with Crippen LogP contribution in [0.15, 0.2) is 54.7 Å². The van der Waals surface area contributed by atoms with Crippen LogP contribution >= 0.6 is 11.3 Å². The van der Waals surface area contributed by atoms with Crippen LogP contribution in [-0.4, -0.2) is 50.2 Å². The average molecular weight is 661 g/mol. The van der Waals surface area contributed by atoms with Gasteiger partial charge in [0.25, 0.3) is 5.91 Å². The molecule has 0 aliphatic carbocycles. The van der Waals surface area contributed by atoms with E-state index in [0.717, 1.165) is 17.4 Å². The van der Waals surface area contributed by atoms with E-state index in [-0.39, 0.29) is 32.6 Å². The number of thiazole rings is 1. The monoisotopic (exact) mass is 660 g/mol. The molecule has 0 aliphatic heterocycles. The van der Waals surface area contributed by atoms with Crippen molar-refractivity contribution in [1.29, 1.82) is 0 Å². The molecule has 240 valence electrons. The number of fused-ring (bicyclic) bond motifs is 1. The molecule has 4 aromatic rings. The van der Waals surface area contributed by atoms with Crippen molar-refractivity contribution in [3.8, 4) is 11.1 Å². The number of carboxylic acid groups (broad SMARTS) is 2. The van der Waals surface area contributed by atoms with Crippen LogP contribution in [-0.2, 0) is 15.8 Å². The van der Waals surface area contributed by atoms with Crippen LogP contribution in [0.1, 0.15) is 36.2 Å². The number of nitrogens with zero attached hydrogens (tertiary/aromatic N) is 2. The van der Waals surface area contributed by atoms with Crippen LogP contribution < -0.4 is 10.6 Å². The fraction of sp³-hybridized carbons (Fsp3) is 0.250. The number of aliphatic carboxylic acids is 2. The molecule has 1 amide bonds. The second-order valence-corrected chi connectivity index (χ2v) is 10.5. The summed E-state index contributed by atoms with van der Waals surface area (Å²) in [5.41, 5.74) is 0.697. The zero-order chi connectivity index (χ0) is 33.7. The standard InChI is InChI=1S/C26H22F4N4O3S.C2HF3O2/c1-3-13(2)21(24(36)37)33-23(35)15-6-4-14(5-7-15)16-8-9-19(18(27)10-16)32-25-34-22-20(38-25)11-17(12-31-22)26(28,29)30;3-2(4,5)1(6)7/h4-13,21H,3H2,1-2H3,(H,33,35)(H,36,37)(H,31,32,34);(H,6,7)/t13-,21-;/m0./s1. The van der Waals surface area contributed by atoms with Crippen molar-refractivity contribution < 1.29 is 55.3 Å². The van der Waals surface area contributed by atoms with Crippen molar-refractivity contribution in [1.82, 2.24) is 15.3 Å². The minimum Gasteiger partial charge on any atom is -0.480 e. The summed E-state index contributed by atoms with van der Waals surface area (Å²) >= 11 is 0.919. The summed E-state index contributed by atoms with van der Waals surface area (Å²) in [5, 5.41) is 22.0. The largest absolute Gasteiger partial charge is 0.490 e. The molecule has 4 rings (SSSR count). The van der Waals surface area contributed by atoms with Gasteiger partial charge in [0.05, 0.1) is 16.0 Å². The van der Waals surface area contributed by atoms with E-state index in [1.54, 1.807) is 25.1 Å². The van der Waals surface area contributed by atoms with Crippen molar-refractivity contribution in [2.45, 2.75) is 38.7 Å². The zero-order valence-electron chi connectivity index (χ0n) is 23.1. The highest BCUT2D eigenvalue weighted by Gasteiger charge is 2.38. The second kappa shape index (κ2) is 13.9.